The summed E-state index contributed by atoms with van der Waals surface area (Å²) in [5.74, 6) is -1.41. The summed E-state index contributed by atoms with van der Waals surface area (Å²) in [6, 6.07) is 13.0. The van der Waals surface area contributed by atoms with Crippen molar-refractivity contribution in [3.8, 4) is 0 Å². The van der Waals surface area contributed by atoms with Crippen molar-refractivity contribution in [3.05, 3.63) is 93.2 Å². The van der Waals surface area contributed by atoms with Crippen LogP contribution in [-0.2, 0) is 23.7 Å². The van der Waals surface area contributed by atoms with Gasteiger partial charge in [-0.15, -0.1) is 0 Å². The Morgan fingerprint density at radius 2 is 1.21 bits per heavy atom. The minimum absolute atomic E-state index is 0. The van der Waals surface area contributed by atoms with Crippen molar-refractivity contribution in [3.63, 3.8) is 0 Å². The number of Topliss-reactive ketones (excluding diaryl/α,β-unsaturated/α-hetero) is 1. The highest BCUT2D eigenvalue weighted by molar-refractivity contribution is 14.1. The lowest BCUT2D eigenvalue weighted by molar-refractivity contribution is -0.122. The third-order valence-electron chi connectivity index (χ3n) is 9.06. The Kier molecular flexibility index (Phi) is 20.5. The molecule has 0 aromatic heterocycles. The Morgan fingerprint density at radius 3 is 1.58 bits per heavy atom. The van der Waals surface area contributed by atoms with E-state index in [1.807, 2.05) is 81.6 Å². The van der Waals surface area contributed by atoms with Gasteiger partial charge in [0.2, 0.25) is 0 Å². The summed E-state index contributed by atoms with van der Waals surface area (Å²) in [4.78, 5) is 65.6. The van der Waals surface area contributed by atoms with Crippen LogP contribution in [0.5, 0.6) is 0 Å². The fourth-order valence-electron chi connectivity index (χ4n) is 5.92. The molecule has 3 aliphatic heterocycles. The fourth-order valence-corrected chi connectivity index (χ4v) is 6.92. The number of cyclic esters (lactones) is 3. The monoisotopic (exact) mass is 1210 g/mol. The van der Waals surface area contributed by atoms with Crippen molar-refractivity contribution in [2.75, 3.05) is 54.5 Å². The van der Waals surface area contributed by atoms with Gasteiger partial charge in [-0.3, -0.25) is 19.5 Å². The van der Waals surface area contributed by atoms with Crippen LogP contribution in [0.1, 0.15) is 34.1 Å². The molecule has 0 aliphatic carbocycles. The van der Waals surface area contributed by atoms with E-state index in [-0.39, 0.29) is 69.5 Å². The zero-order valence-electron chi connectivity index (χ0n) is 32.7. The Bertz CT molecular complexity index is 2150. The predicted molar refractivity (Wildman–Crippen MR) is 248 cm³/mol. The molecular weight excluding hydrogens is 1160 g/mol. The van der Waals surface area contributed by atoms with Gasteiger partial charge in [0.25, 0.3) is 0 Å². The molecule has 0 saturated carbocycles. The van der Waals surface area contributed by atoms with Crippen LogP contribution in [-0.4, -0.2) is 94.3 Å². The first-order valence-electron chi connectivity index (χ1n) is 18.3. The lowest BCUT2D eigenvalue weighted by Gasteiger charge is -2.20. The third kappa shape index (κ3) is 14.3. The number of rotatable bonds is 12. The van der Waals surface area contributed by atoms with E-state index < -0.39 is 48.4 Å². The van der Waals surface area contributed by atoms with Gasteiger partial charge in [0.15, 0.2) is 5.78 Å². The molecule has 62 heavy (non-hydrogen) atoms. The first-order chi connectivity index (χ1) is 28.9. The van der Waals surface area contributed by atoms with Crippen LogP contribution >= 0.6 is 67.8 Å². The molecule has 6 rings (SSSR count). The van der Waals surface area contributed by atoms with Gasteiger partial charge in [0.1, 0.15) is 35.8 Å². The van der Waals surface area contributed by atoms with Gasteiger partial charge in [-0.2, -0.15) is 0 Å². The highest BCUT2D eigenvalue weighted by Gasteiger charge is 2.35. The summed E-state index contributed by atoms with van der Waals surface area (Å²) in [7, 11) is 1.23. The number of alkyl carbamates (subject to hydrolysis) is 1. The first kappa shape index (κ1) is 52.0. The molecule has 3 heterocycles. The molecule has 0 radical (unpaired) electrons. The molecular formula is C39H44F3I3N8O9. The van der Waals surface area contributed by atoms with Crippen molar-refractivity contribution in [1.29, 1.82) is 0 Å². The second-order valence-corrected chi connectivity index (χ2v) is 17.1. The minimum Gasteiger partial charge on any atom is -0.453 e. The molecule has 0 bridgehead atoms. The van der Waals surface area contributed by atoms with Crippen molar-refractivity contribution in [1.82, 2.24) is 5.32 Å². The Balaban J connectivity index is 0.000000256. The number of amides is 4. The molecule has 17 nitrogen and oxygen atoms in total. The number of benzene rings is 3. The van der Waals surface area contributed by atoms with Crippen LogP contribution in [0.4, 0.5) is 49.4 Å². The zero-order valence-corrected chi connectivity index (χ0v) is 39.2. The van der Waals surface area contributed by atoms with Crippen molar-refractivity contribution >= 4 is 115 Å². The Morgan fingerprint density at radius 1 is 0.806 bits per heavy atom. The van der Waals surface area contributed by atoms with E-state index in [4.69, 9.17) is 25.5 Å². The zero-order chi connectivity index (χ0) is 45.0. The summed E-state index contributed by atoms with van der Waals surface area (Å²) >= 11 is 5.63. The highest BCUT2D eigenvalue weighted by atomic mass is 127. The number of nitrogens with zero attached hydrogens (tertiary/aromatic N) is 6. The molecule has 3 saturated heterocycles. The van der Waals surface area contributed by atoms with Gasteiger partial charge in [0, 0.05) is 28.6 Å². The Hall–Kier alpha value is -4.34. The third-order valence-corrected chi connectivity index (χ3v) is 11.7. The number of hydrogen-bond donors (Lipinski definition) is 2. The number of carbonyl (C=O) groups excluding carboxylic acids is 5. The molecule has 4 atom stereocenters. The number of nitrogens with two attached hydrogens (primary N) is 1. The average Bonchev–Trinajstić information content (AvgIpc) is 3.93. The number of nitrogens with one attached hydrogen (secondary N) is 1. The van der Waals surface area contributed by atoms with Gasteiger partial charge >= 0.3 is 24.4 Å². The van der Waals surface area contributed by atoms with Crippen LogP contribution in [0, 0.1) is 34.1 Å². The first-order valence-corrected chi connectivity index (χ1v) is 21.6. The fraction of sp³-hybridized carbons (Fsp3) is 0.410. The maximum Gasteiger partial charge on any atom is 0.414 e. The SMILES string of the molecule is C.COC(=O)N[C@H](C(=O)CC[C@H]1CN(c2ccc(I)c(F)c2)C(=O)O1)C(C)C.NC[C@H]1CN(c2ccc(I)c(F)c2)C(=O)O1.[N-]=[N+]=NC[C@H]1CN(c2ccc(I)c(F)c2)C(=O)O1. The smallest absolute Gasteiger partial charge is 0.414 e. The molecule has 23 heteroatoms. The van der Waals surface area contributed by atoms with E-state index in [0.717, 1.165) is 0 Å². The topological polar surface area (TPSA) is 219 Å². The number of halogens is 6. The molecule has 3 aromatic rings. The minimum atomic E-state index is -0.670. The summed E-state index contributed by atoms with van der Waals surface area (Å²) in [5.41, 5.74) is 15.0. The van der Waals surface area contributed by atoms with Gasteiger partial charge in [-0.25, -0.2) is 32.3 Å². The van der Waals surface area contributed by atoms with Crippen LogP contribution in [0.2, 0.25) is 0 Å². The van der Waals surface area contributed by atoms with Crippen molar-refractivity contribution in [2.24, 2.45) is 16.8 Å². The lowest BCUT2D eigenvalue weighted by atomic mass is 9.96. The molecule has 4 amide bonds. The van der Waals surface area contributed by atoms with E-state index >= 15 is 0 Å². The molecule has 0 unspecified atom stereocenters. The lowest BCUT2D eigenvalue weighted by Crippen LogP contribution is -2.44. The molecule has 3 aliphatic rings. The van der Waals surface area contributed by atoms with Crippen LogP contribution in [0.25, 0.3) is 10.4 Å². The number of ketones is 1. The maximum atomic E-state index is 13.7. The second-order valence-electron chi connectivity index (χ2n) is 13.7. The summed E-state index contributed by atoms with van der Waals surface area (Å²) in [6.07, 6.45) is -3.09. The van der Waals surface area contributed by atoms with Crippen LogP contribution in [0.3, 0.4) is 0 Å². The second kappa shape index (κ2) is 24.5. The normalized spacial score (nSPS) is 18.2. The van der Waals surface area contributed by atoms with E-state index in [9.17, 15) is 37.1 Å². The van der Waals surface area contributed by atoms with Gasteiger partial charge in [0.05, 0.1) is 56.4 Å². The largest absolute Gasteiger partial charge is 0.453 e. The number of ether oxygens (including phenoxy) is 4. The van der Waals surface area contributed by atoms with Gasteiger partial charge < -0.3 is 30.0 Å². The summed E-state index contributed by atoms with van der Waals surface area (Å²) in [5, 5.41) is 5.87. The van der Waals surface area contributed by atoms with Gasteiger partial charge in [-0.05, 0) is 140 Å². The average molecular weight is 1210 g/mol. The maximum absolute atomic E-state index is 13.7. The summed E-state index contributed by atoms with van der Waals surface area (Å²) < 4.78 is 61.7. The van der Waals surface area contributed by atoms with Crippen molar-refractivity contribution in [2.45, 2.75) is 58.5 Å². The van der Waals surface area contributed by atoms with E-state index in [2.05, 4.69) is 20.1 Å². The van der Waals surface area contributed by atoms with E-state index in [1.165, 1.54) is 40.0 Å². The van der Waals surface area contributed by atoms with E-state index in [1.54, 1.807) is 36.4 Å². The van der Waals surface area contributed by atoms with Crippen LogP contribution < -0.4 is 25.8 Å². The number of anilines is 3. The molecule has 3 fully saturated rings. The highest BCUT2D eigenvalue weighted by Crippen LogP contribution is 2.28. The summed E-state index contributed by atoms with van der Waals surface area (Å²) in [6.45, 7) is 4.85. The number of carbonyl (C=O) groups is 5. The Labute approximate surface area is 396 Å². The van der Waals surface area contributed by atoms with Crippen LogP contribution in [0.15, 0.2) is 59.7 Å². The predicted octanol–water partition coefficient (Wildman–Crippen LogP) is 8.90. The quantitative estimate of drug-likeness (QED) is 0.0577. The molecule has 3 N–H and O–H groups in total. The van der Waals surface area contributed by atoms with E-state index in [0.29, 0.717) is 40.7 Å². The number of hydrogen-bond acceptors (Lipinski definition) is 11. The number of azide groups is 1. The van der Waals surface area contributed by atoms with Crippen molar-refractivity contribution < 1.29 is 56.1 Å². The molecule has 336 valence electrons. The molecule has 0 spiro atoms. The standard InChI is InChI=1S/C18H22FIN2O5.C10H8FIN4O2.C10H10FIN2O2.CH4/c1-10(2)16(21-17(24)26-3)15(23)7-5-12-9-22(18(25)27-12)11-4-6-14(20)13(19)8-11;11-8-3-6(1-2-9(8)12)16-5-7(4-14-15-13)18-10(16)17;11-8-3-6(1-2-9(8)12)14-5-7(4-13)16-10(14)15;/h4,6,8,10,12,16H,5,7,9H2,1-3H3,(H,21,24);1-3,7H,4-5H2;1-3,7H,4-5,13H2;1H4/t12-,16-;2*7-;/m000./s1. The van der Waals surface area contributed by atoms with Gasteiger partial charge in [-0.1, -0.05) is 26.4 Å². The number of methoxy groups -OCH3 is 1. The molecule has 3 aromatic carbocycles.